The fourth-order valence-electron chi connectivity index (χ4n) is 2.04. The molecule has 0 spiro atoms. The molecule has 25 heavy (non-hydrogen) atoms. The van der Waals surface area contributed by atoms with Crippen molar-refractivity contribution < 1.29 is 19.4 Å². The van der Waals surface area contributed by atoms with Crippen LogP contribution in [0.2, 0.25) is 0 Å². The lowest BCUT2D eigenvalue weighted by atomic mass is 10.1. The van der Waals surface area contributed by atoms with Crippen LogP contribution in [-0.4, -0.2) is 22.4 Å². The number of non-ortho nitro benzene ring substituents is 1. The molecule has 2 aromatic rings. The molecule has 9 heteroatoms. The monoisotopic (exact) mass is 345 g/mol. The molecule has 0 bridgehead atoms. The molecule has 0 aliphatic heterocycles. The second-order valence-corrected chi connectivity index (χ2v) is 5.30. The SMILES string of the molecule is Cc1ccc(NC(=O)COc2ccc([N+](=O)[O-])cc2[N+](=O)[O-])cc1C. The van der Waals surface area contributed by atoms with Crippen molar-refractivity contribution in [1.29, 1.82) is 0 Å². The first-order valence-corrected chi connectivity index (χ1v) is 7.20. The van der Waals surface area contributed by atoms with E-state index in [1.165, 1.54) is 0 Å². The highest BCUT2D eigenvalue weighted by Gasteiger charge is 2.21. The van der Waals surface area contributed by atoms with Crippen molar-refractivity contribution in [2.45, 2.75) is 13.8 Å². The second-order valence-electron chi connectivity index (χ2n) is 5.30. The van der Waals surface area contributed by atoms with Gasteiger partial charge in [-0.1, -0.05) is 6.07 Å². The minimum Gasteiger partial charge on any atom is -0.477 e. The van der Waals surface area contributed by atoms with Crippen LogP contribution in [0.15, 0.2) is 36.4 Å². The average molecular weight is 345 g/mol. The summed E-state index contributed by atoms with van der Waals surface area (Å²) in [6.07, 6.45) is 0. The van der Waals surface area contributed by atoms with Gasteiger partial charge in [-0.15, -0.1) is 0 Å². The van der Waals surface area contributed by atoms with E-state index in [1.54, 1.807) is 12.1 Å². The Kier molecular flexibility index (Phi) is 5.28. The van der Waals surface area contributed by atoms with Crippen molar-refractivity contribution in [3.05, 3.63) is 67.8 Å². The number of nitrogens with one attached hydrogen (secondary N) is 1. The van der Waals surface area contributed by atoms with Crippen LogP contribution in [0.3, 0.4) is 0 Å². The molecular formula is C16H15N3O6. The lowest BCUT2D eigenvalue weighted by molar-refractivity contribution is -0.394. The number of nitro groups is 2. The molecule has 1 N–H and O–H groups in total. The Balaban J connectivity index is 2.07. The highest BCUT2D eigenvalue weighted by Crippen LogP contribution is 2.30. The molecule has 2 aromatic carbocycles. The number of benzene rings is 2. The number of ether oxygens (including phenoxy) is 1. The van der Waals surface area contributed by atoms with Crippen LogP contribution < -0.4 is 10.1 Å². The van der Waals surface area contributed by atoms with Gasteiger partial charge in [0.2, 0.25) is 0 Å². The Bertz CT molecular complexity index is 850. The van der Waals surface area contributed by atoms with E-state index >= 15 is 0 Å². The van der Waals surface area contributed by atoms with E-state index in [4.69, 9.17) is 4.74 Å². The van der Waals surface area contributed by atoms with E-state index in [0.29, 0.717) is 5.69 Å². The fourth-order valence-corrected chi connectivity index (χ4v) is 2.04. The number of carbonyl (C=O) groups excluding carboxylic acids is 1. The van der Waals surface area contributed by atoms with Crippen molar-refractivity contribution in [2.24, 2.45) is 0 Å². The van der Waals surface area contributed by atoms with Gasteiger partial charge in [0.25, 0.3) is 11.6 Å². The number of nitrogens with zero attached hydrogens (tertiary/aromatic N) is 2. The van der Waals surface area contributed by atoms with E-state index in [2.05, 4.69) is 5.32 Å². The molecule has 130 valence electrons. The predicted octanol–water partition coefficient (Wildman–Crippen LogP) is 3.14. The molecule has 2 rings (SSSR count). The van der Waals surface area contributed by atoms with Gasteiger partial charge in [0.05, 0.1) is 15.9 Å². The number of carbonyl (C=O) groups is 1. The summed E-state index contributed by atoms with van der Waals surface area (Å²) in [6.45, 7) is 3.38. The smallest absolute Gasteiger partial charge is 0.317 e. The minimum atomic E-state index is -0.802. The molecular weight excluding hydrogens is 330 g/mol. The number of hydrogen-bond donors (Lipinski definition) is 1. The van der Waals surface area contributed by atoms with Gasteiger partial charge in [-0.3, -0.25) is 25.0 Å². The summed E-state index contributed by atoms with van der Waals surface area (Å²) in [7, 11) is 0. The van der Waals surface area contributed by atoms with Gasteiger partial charge in [0.1, 0.15) is 0 Å². The number of rotatable bonds is 6. The van der Waals surface area contributed by atoms with Crippen LogP contribution >= 0.6 is 0 Å². The molecule has 1 amide bonds. The molecule has 0 atom stereocenters. The summed E-state index contributed by atoms with van der Waals surface area (Å²) in [5, 5.41) is 24.3. The van der Waals surface area contributed by atoms with E-state index in [1.807, 2.05) is 19.9 Å². The van der Waals surface area contributed by atoms with Gasteiger partial charge in [0.15, 0.2) is 12.4 Å². The van der Waals surface area contributed by atoms with Gasteiger partial charge < -0.3 is 10.1 Å². The Morgan fingerprint density at radius 3 is 2.36 bits per heavy atom. The summed E-state index contributed by atoms with van der Waals surface area (Å²) in [5.41, 5.74) is 1.65. The van der Waals surface area contributed by atoms with Crippen LogP contribution in [0.4, 0.5) is 17.1 Å². The zero-order valence-corrected chi connectivity index (χ0v) is 13.5. The van der Waals surface area contributed by atoms with Gasteiger partial charge in [-0.2, -0.15) is 0 Å². The maximum Gasteiger partial charge on any atom is 0.317 e. The third kappa shape index (κ3) is 4.50. The summed E-state index contributed by atoms with van der Waals surface area (Å²) in [5.74, 6) is -0.721. The average Bonchev–Trinajstić information content (AvgIpc) is 2.56. The van der Waals surface area contributed by atoms with Crippen molar-refractivity contribution in [3.8, 4) is 5.75 Å². The third-order valence-corrected chi connectivity index (χ3v) is 3.50. The van der Waals surface area contributed by atoms with E-state index in [0.717, 1.165) is 29.3 Å². The summed E-state index contributed by atoms with van der Waals surface area (Å²) in [4.78, 5) is 32.1. The maximum absolute atomic E-state index is 11.9. The van der Waals surface area contributed by atoms with Crippen LogP contribution in [0.5, 0.6) is 5.75 Å². The van der Waals surface area contributed by atoms with Crippen molar-refractivity contribution in [1.82, 2.24) is 0 Å². The third-order valence-electron chi connectivity index (χ3n) is 3.50. The Hall–Kier alpha value is -3.49. The molecule has 0 fully saturated rings. The highest BCUT2D eigenvalue weighted by atomic mass is 16.6. The minimum absolute atomic E-state index is 0.217. The molecule has 0 saturated heterocycles. The van der Waals surface area contributed by atoms with Crippen LogP contribution in [0.25, 0.3) is 0 Å². The predicted molar refractivity (Wildman–Crippen MR) is 89.8 cm³/mol. The van der Waals surface area contributed by atoms with Gasteiger partial charge in [-0.25, -0.2) is 0 Å². The fraction of sp³-hybridized carbons (Fsp3) is 0.188. The maximum atomic E-state index is 11.9. The molecule has 0 heterocycles. The van der Waals surface area contributed by atoms with Crippen LogP contribution in [-0.2, 0) is 4.79 Å². The second kappa shape index (κ2) is 7.39. The van der Waals surface area contributed by atoms with Crippen molar-refractivity contribution >= 4 is 23.0 Å². The standard InChI is InChI=1S/C16H15N3O6/c1-10-3-4-12(7-11(10)2)17-16(20)9-25-15-6-5-13(18(21)22)8-14(15)19(23)24/h3-8H,9H2,1-2H3,(H,17,20). The molecule has 0 radical (unpaired) electrons. The van der Waals surface area contributed by atoms with Crippen LogP contribution in [0.1, 0.15) is 11.1 Å². The Morgan fingerprint density at radius 2 is 1.76 bits per heavy atom. The van der Waals surface area contributed by atoms with Gasteiger partial charge in [0, 0.05) is 11.8 Å². The largest absolute Gasteiger partial charge is 0.477 e. The summed E-state index contributed by atoms with van der Waals surface area (Å²) in [6, 6.07) is 8.34. The molecule has 0 saturated carbocycles. The van der Waals surface area contributed by atoms with Gasteiger partial charge in [-0.05, 0) is 43.2 Å². The van der Waals surface area contributed by atoms with E-state index in [-0.39, 0.29) is 5.75 Å². The summed E-state index contributed by atoms with van der Waals surface area (Å²) >= 11 is 0. The first-order valence-electron chi connectivity index (χ1n) is 7.20. The number of anilines is 1. The van der Waals surface area contributed by atoms with Crippen molar-refractivity contribution in [3.63, 3.8) is 0 Å². The Morgan fingerprint density at radius 1 is 1.04 bits per heavy atom. The number of nitro benzene ring substituents is 2. The first-order chi connectivity index (χ1) is 11.8. The number of aryl methyl sites for hydroxylation is 2. The van der Waals surface area contributed by atoms with Gasteiger partial charge >= 0.3 is 5.69 Å². The Labute approximate surface area is 142 Å². The zero-order chi connectivity index (χ0) is 18.6. The number of hydrogen-bond acceptors (Lipinski definition) is 6. The quantitative estimate of drug-likeness (QED) is 0.633. The molecule has 0 unspecified atom stereocenters. The zero-order valence-electron chi connectivity index (χ0n) is 13.5. The molecule has 9 nitrogen and oxygen atoms in total. The highest BCUT2D eigenvalue weighted by molar-refractivity contribution is 5.92. The molecule has 0 aromatic heterocycles. The lowest BCUT2D eigenvalue weighted by Crippen LogP contribution is -2.20. The van der Waals surface area contributed by atoms with Crippen LogP contribution in [0, 0.1) is 34.1 Å². The topological polar surface area (TPSA) is 125 Å². The summed E-state index contributed by atoms with van der Waals surface area (Å²) < 4.78 is 5.14. The van der Waals surface area contributed by atoms with E-state index in [9.17, 15) is 25.0 Å². The first kappa shape index (κ1) is 17.9. The van der Waals surface area contributed by atoms with Crippen molar-refractivity contribution in [2.75, 3.05) is 11.9 Å². The molecule has 0 aliphatic rings. The lowest BCUT2D eigenvalue weighted by Gasteiger charge is -2.09. The normalized spacial score (nSPS) is 10.2. The van der Waals surface area contributed by atoms with E-state index < -0.39 is 33.7 Å². The molecule has 0 aliphatic carbocycles. The number of amides is 1.